The second-order valence-electron chi connectivity index (χ2n) is 6.53. The molecular weight excluding hydrogens is 340 g/mol. The summed E-state index contributed by atoms with van der Waals surface area (Å²) in [5.74, 6) is -0.464. The lowest BCUT2D eigenvalue weighted by Crippen LogP contribution is -2.53. The zero-order valence-electron chi connectivity index (χ0n) is 14.7. The summed E-state index contributed by atoms with van der Waals surface area (Å²) >= 11 is 0. The summed E-state index contributed by atoms with van der Waals surface area (Å²) in [7, 11) is 0. The number of aryl methyl sites for hydroxylation is 1. The SMILES string of the molecule is CC(=O)NCC1(O)COCCN(C(=O)c2cnc3cc(C)nn3c2N)C1. The highest BCUT2D eigenvalue weighted by Crippen LogP contribution is 2.19. The molecule has 10 heteroatoms. The Morgan fingerprint density at radius 2 is 2.27 bits per heavy atom. The van der Waals surface area contributed by atoms with E-state index in [2.05, 4.69) is 15.4 Å². The van der Waals surface area contributed by atoms with Crippen LogP contribution in [-0.2, 0) is 9.53 Å². The number of nitrogens with two attached hydrogens (primary N) is 1. The number of carbonyl (C=O) groups is 2. The zero-order valence-corrected chi connectivity index (χ0v) is 14.7. The first-order valence-corrected chi connectivity index (χ1v) is 8.24. The van der Waals surface area contributed by atoms with Gasteiger partial charge in [-0.05, 0) is 6.92 Å². The first-order valence-electron chi connectivity index (χ1n) is 8.24. The van der Waals surface area contributed by atoms with E-state index in [0.717, 1.165) is 5.69 Å². The van der Waals surface area contributed by atoms with Crippen molar-refractivity contribution in [1.29, 1.82) is 0 Å². The molecule has 3 rings (SSSR count). The van der Waals surface area contributed by atoms with Crippen molar-refractivity contribution in [1.82, 2.24) is 24.8 Å². The second-order valence-corrected chi connectivity index (χ2v) is 6.53. The van der Waals surface area contributed by atoms with E-state index in [-0.39, 0.29) is 56.0 Å². The summed E-state index contributed by atoms with van der Waals surface area (Å²) in [4.78, 5) is 29.8. The van der Waals surface area contributed by atoms with Gasteiger partial charge in [-0.2, -0.15) is 9.61 Å². The smallest absolute Gasteiger partial charge is 0.259 e. The Kier molecular flexibility index (Phi) is 4.79. The number of amides is 2. The van der Waals surface area contributed by atoms with Crippen LogP contribution in [-0.4, -0.2) is 74.9 Å². The largest absolute Gasteiger partial charge is 0.384 e. The highest BCUT2D eigenvalue weighted by Gasteiger charge is 2.35. The van der Waals surface area contributed by atoms with E-state index in [4.69, 9.17) is 10.5 Å². The van der Waals surface area contributed by atoms with Crippen LogP contribution in [0.1, 0.15) is 23.0 Å². The molecular formula is C16H22N6O4. The Labute approximate surface area is 149 Å². The fourth-order valence-corrected chi connectivity index (χ4v) is 2.89. The van der Waals surface area contributed by atoms with Crippen molar-refractivity contribution < 1.29 is 19.4 Å². The van der Waals surface area contributed by atoms with Crippen LogP contribution in [0.5, 0.6) is 0 Å². The van der Waals surface area contributed by atoms with Gasteiger partial charge in [0.15, 0.2) is 5.65 Å². The highest BCUT2D eigenvalue weighted by molar-refractivity contribution is 5.98. The van der Waals surface area contributed by atoms with Crippen LogP contribution in [0.4, 0.5) is 5.82 Å². The van der Waals surface area contributed by atoms with Gasteiger partial charge in [-0.3, -0.25) is 9.59 Å². The lowest BCUT2D eigenvalue weighted by Gasteiger charge is -2.31. The van der Waals surface area contributed by atoms with E-state index in [1.807, 2.05) is 6.92 Å². The third-order valence-electron chi connectivity index (χ3n) is 4.19. The molecule has 1 fully saturated rings. The molecule has 1 unspecified atom stereocenters. The van der Waals surface area contributed by atoms with Gasteiger partial charge in [0, 0.05) is 25.7 Å². The summed E-state index contributed by atoms with van der Waals surface area (Å²) in [6.45, 7) is 3.73. The topological polar surface area (TPSA) is 135 Å². The Hall–Kier alpha value is -2.72. The predicted molar refractivity (Wildman–Crippen MR) is 92.5 cm³/mol. The minimum absolute atomic E-state index is 0.00171. The number of aromatic nitrogens is 3. The van der Waals surface area contributed by atoms with Crippen molar-refractivity contribution >= 4 is 23.3 Å². The minimum atomic E-state index is -1.38. The number of rotatable bonds is 3. The van der Waals surface area contributed by atoms with Gasteiger partial charge in [0.1, 0.15) is 17.0 Å². The molecule has 3 heterocycles. The number of β-amino-alcohol motifs (C(OH)–C–C–N with tert-alkyl or cyclic N) is 1. The van der Waals surface area contributed by atoms with Gasteiger partial charge in [-0.15, -0.1) is 0 Å². The number of aliphatic hydroxyl groups is 1. The molecule has 4 N–H and O–H groups in total. The lowest BCUT2D eigenvalue weighted by atomic mass is 10.0. The molecule has 26 heavy (non-hydrogen) atoms. The first-order chi connectivity index (χ1) is 12.3. The van der Waals surface area contributed by atoms with Crippen molar-refractivity contribution in [2.24, 2.45) is 0 Å². The normalized spacial score (nSPS) is 20.8. The van der Waals surface area contributed by atoms with E-state index in [0.29, 0.717) is 5.65 Å². The summed E-state index contributed by atoms with van der Waals surface area (Å²) in [5.41, 5.74) is 6.21. The third-order valence-corrected chi connectivity index (χ3v) is 4.19. The minimum Gasteiger partial charge on any atom is -0.384 e. The summed E-state index contributed by atoms with van der Waals surface area (Å²) in [6, 6.07) is 1.76. The van der Waals surface area contributed by atoms with Gasteiger partial charge < -0.3 is 25.8 Å². The van der Waals surface area contributed by atoms with Crippen molar-refractivity contribution in [2.45, 2.75) is 19.4 Å². The molecule has 1 atom stereocenters. The number of ether oxygens (including phenoxy) is 1. The first kappa shape index (κ1) is 18.1. The van der Waals surface area contributed by atoms with E-state index >= 15 is 0 Å². The van der Waals surface area contributed by atoms with Gasteiger partial charge >= 0.3 is 0 Å². The molecule has 0 radical (unpaired) electrons. The Balaban J connectivity index is 1.86. The molecule has 0 aliphatic carbocycles. The summed E-state index contributed by atoms with van der Waals surface area (Å²) in [5, 5.41) is 17.5. The number of hydrogen-bond acceptors (Lipinski definition) is 7. The van der Waals surface area contributed by atoms with Crippen LogP contribution < -0.4 is 11.1 Å². The number of hydrogen-bond donors (Lipinski definition) is 3. The standard InChI is InChI=1S/C16H22N6O4/c1-10-5-13-18-6-12(14(17)22(13)20-10)15(24)21-3-4-26-9-16(25,8-21)7-19-11(2)23/h5-6,25H,3-4,7-9,17H2,1-2H3,(H,19,23). The van der Waals surface area contributed by atoms with E-state index in [1.165, 1.54) is 22.5 Å². The highest BCUT2D eigenvalue weighted by atomic mass is 16.5. The molecule has 0 spiro atoms. The summed E-state index contributed by atoms with van der Waals surface area (Å²) in [6.07, 6.45) is 1.41. The Bertz CT molecular complexity index is 851. The number of anilines is 1. The lowest BCUT2D eigenvalue weighted by molar-refractivity contribution is -0.120. The van der Waals surface area contributed by atoms with E-state index < -0.39 is 5.60 Å². The molecule has 2 aromatic rings. The average molecular weight is 362 g/mol. The van der Waals surface area contributed by atoms with Gasteiger partial charge in [-0.25, -0.2) is 4.98 Å². The monoisotopic (exact) mass is 362 g/mol. The fourth-order valence-electron chi connectivity index (χ4n) is 2.89. The molecule has 0 aromatic carbocycles. The zero-order chi connectivity index (χ0) is 18.9. The molecule has 2 aromatic heterocycles. The molecule has 1 saturated heterocycles. The maximum Gasteiger partial charge on any atom is 0.259 e. The van der Waals surface area contributed by atoms with Crippen molar-refractivity contribution in [3.63, 3.8) is 0 Å². The van der Waals surface area contributed by atoms with E-state index in [1.54, 1.807) is 6.07 Å². The van der Waals surface area contributed by atoms with Crippen LogP contribution in [0.25, 0.3) is 5.65 Å². The quantitative estimate of drug-likeness (QED) is 0.634. The van der Waals surface area contributed by atoms with Crippen LogP contribution >= 0.6 is 0 Å². The molecule has 0 bridgehead atoms. The maximum atomic E-state index is 13.0. The number of fused-ring (bicyclic) bond motifs is 1. The van der Waals surface area contributed by atoms with Gasteiger partial charge in [0.25, 0.3) is 5.91 Å². The third kappa shape index (κ3) is 3.60. The summed E-state index contributed by atoms with van der Waals surface area (Å²) < 4.78 is 6.82. The second kappa shape index (κ2) is 6.89. The molecule has 1 aliphatic rings. The maximum absolute atomic E-state index is 13.0. The van der Waals surface area contributed by atoms with Crippen molar-refractivity contribution in [3.05, 3.63) is 23.5 Å². The van der Waals surface area contributed by atoms with Crippen LogP contribution in [0.2, 0.25) is 0 Å². The van der Waals surface area contributed by atoms with Crippen LogP contribution in [0.15, 0.2) is 12.3 Å². The van der Waals surface area contributed by atoms with Crippen LogP contribution in [0.3, 0.4) is 0 Å². The van der Waals surface area contributed by atoms with E-state index in [9.17, 15) is 14.7 Å². The number of carbonyl (C=O) groups excluding carboxylic acids is 2. The fraction of sp³-hybridized carbons (Fsp3) is 0.500. The molecule has 2 amide bonds. The Morgan fingerprint density at radius 1 is 1.50 bits per heavy atom. The van der Waals surface area contributed by atoms with Crippen molar-refractivity contribution in [2.75, 3.05) is 38.6 Å². The van der Waals surface area contributed by atoms with Crippen molar-refractivity contribution in [3.8, 4) is 0 Å². The van der Waals surface area contributed by atoms with Gasteiger partial charge in [0.05, 0.1) is 32.0 Å². The number of nitrogens with zero attached hydrogens (tertiary/aromatic N) is 4. The molecule has 1 aliphatic heterocycles. The van der Waals surface area contributed by atoms with Gasteiger partial charge in [0.2, 0.25) is 5.91 Å². The molecule has 140 valence electrons. The predicted octanol–water partition coefficient (Wildman–Crippen LogP) is -1.04. The van der Waals surface area contributed by atoms with Gasteiger partial charge in [-0.1, -0.05) is 0 Å². The number of nitrogen functional groups attached to an aromatic ring is 1. The molecule has 0 saturated carbocycles. The Morgan fingerprint density at radius 3 is 3.00 bits per heavy atom. The van der Waals surface area contributed by atoms with Crippen LogP contribution in [0, 0.1) is 6.92 Å². The number of nitrogens with one attached hydrogen (secondary N) is 1. The molecule has 10 nitrogen and oxygen atoms in total. The average Bonchev–Trinajstić information content (AvgIpc) is 2.85.